The summed E-state index contributed by atoms with van der Waals surface area (Å²) in [5, 5.41) is 16.7. The number of ether oxygens (including phenoxy) is 1. The second-order valence-electron chi connectivity index (χ2n) is 7.33. The van der Waals surface area contributed by atoms with Gasteiger partial charge in [0.2, 0.25) is 11.7 Å². The van der Waals surface area contributed by atoms with Gasteiger partial charge in [-0.15, -0.1) is 10.2 Å². The summed E-state index contributed by atoms with van der Waals surface area (Å²) < 4.78 is 5.38. The van der Waals surface area contributed by atoms with Crippen LogP contribution in [0.3, 0.4) is 0 Å². The lowest BCUT2D eigenvalue weighted by molar-refractivity contribution is -0.116. The predicted octanol–water partition coefficient (Wildman–Crippen LogP) is 1.80. The molecule has 0 bridgehead atoms. The zero-order valence-electron chi connectivity index (χ0n) is 17.8. The van der Waals surface area contributed by atoms with Crippen LogP contribution in [0, 0.1) is 0 Å². The van der Waals surface area contributed by atoms with Gasteiger partial charge in [-0.2, -0.15) is 5.21 Å². The Morgan fingerprint density at radius 3 is 2.62 bits per heavy atom. The van der Waals surface area contributed by atoms with Gasteiger partial charge in [0, 0.05) is 42.1 Å². The molecule has 10 nitrogen and oxygen atoms in total. The minimum atomic E-state index is -0.256. The largest absolute Gasteiger partial charge is 0.378 e. The molecule has 2 N–H and O–H groups in total. The number of anilines is 2. The molecular weight excluding hydrogens is 410 g/mol. The van der Waals surface area contributed by atoms with Gasteiger partial charge in [-0.3, -0.25) is 9.59 Å². The molecule has 0 spiro atoms. The van der Waals surface area contributed by atoms with Gasteiger partial charge in [-0.1, -0.05) is 12.1 Å². The number of morpholine rings is 1. The van der Waals surface area contributed by atoms with Crippen LogP contribution in [0.15, 0.2) is 48.5 Å². The maximum absolute atomic E-state index is 13.0. The third-order valence-corrected chi connectivity index (χ3v) is 5.24. The lowest BCUT2D eigenvalue weighted by atomic mass is 10.1. The molecule has 0 saturated carbocycles. The zero-order chi connectivity index (χ0) is 22.3. The number of nitrogens with one attached hydrogen (secondary N) is 2. The molecule has 1 aliphatic heterocycles. The van der Waals surface area contributed by atoms with E-state index in [9.17, 15) is 9.59 Å². The van der Waals surface area contributed by atoms with E-state index in [1.54, 1.807) is 24.3 Å². The van der Waals surface area contributed by atoms with Crippen molar-refractivity contribution >= 4 is 23.2 Å². The molecule has 3 aromatic rings. The average molecular weight is 435 g/mol. The molecule has 1 aromatic heterocycles. The van der Waals surface area contributed by atoms with Crippen LogP contribution in [0.5, 0.6) is 0 Å². The van der Waals surface area contributed by atoms with Crippen LogP contribution >= 0.6 is 0 Å². The molecule has 1 fully saturated rings. The SMILES string of the molecule is CCN(CC(=O)Nc1ccc(N2CCOCC2)cc1)C(=O)c1cccc(-c2nn[nH]n2)c1. The molecule has 166 valence electrons. The molecule has 0 aliphatic carbocycles. The maximum Gasteiger partial charge on any atom is 0.254 e. The summed E-state index contributed by atoms with van der Waals surface area (Å²) in [6, 6.07) is 14.6. The molecule has 0 atom stereocenters. The first kappa shape index (κ1) is 21.4. The molecule has 2 heterocycles. The summed E-state index contributed by atoms with van der Waals surface area (Å²) in [6.07, 6.45) is 0. The predicted molar refractivity (Wildman–Crippen MR) is 119 cm³/mol. The van der Waals surface area contributed by atoms with Gasteiger partial charge in [-0.25, -0.2) is 0 Å². The number of nitrogens with zero attached hydrogens (tertiary/aromatic N) is 5. The van der Waals surface area contributed by atoms with Gasteiger partial charge in [0.1, 0.15) is 6.54 Å². The van der Waals surface area contributed by atoms with Crippen molar-refractivity contribution < 1.29 is 14.3 Å². The minimum absolute atomic E-state index is 0.0486. The van der Waals surface area contributed by atoms with Crippen molar-refractivity contribution in [1.82, 2.24) is 25.5 Å². The molecule has 2 aromatic carbocycles. The van der Waals surface area contributed by atoms with Crippen LogP contribution < -0.4 is 10.2 Å². The number of carbonyl (C=O) groups excluding carboxylic acids is 2. The Labute approximate surface area is 185 Å². The molecule has 32 heavy (non-hydrogen) atoms. The third-order valence-electron chi connectivity index (χ3n) is 5.24. The van der Waals surface area contributed by atoms with Crippen molar-refractivity contribution in [2.45, 2.75) is 6.92 Å². The van der Waals surface area contributed by atoms with E-state index >= 15 is 0 Å². The number of carbonyl (C=O) groups is 2. The van der Waals surface area contributed by atoms with E-state index in [0.29, 0.717) is 29.2 Å². The quantitative estimate of drug-likeness (QED) is 0.581. The third kappa shape index (κ3) is 5.09. The second-order valence-corrected chi connectivity index (χ2v) is 7.33. The Kier molecular flexibility index (Phi) is 6.71. The van der Waals surface area contributed by atoms with E-state index in [0.717, 1.165) is 32.0 Å². The van der Waals surface area contributed by atoms with Crippen molar-refractivity contribution in [1.29, 1.82) is 0 Å². The van der Waals surface area contributed by atoms with Crippen LogP contribution in [0.1, 0.15) is 17.3 Å². The zero-order valence-corrected chi connectivity index (χ0v) is 17.8. The van der Waals surface area contributed by atoms with Crippen LogP contribution in [0.4, 0.5) is 11.4 Å². The Hall–Kier alpha value is -3.79. The maximum atomic E-state index is 13.0. The van der Waals surface area contributed by atoms with E-state index in [1.807, 2.05) is 31.2 Å². The summed E-state index contributed by atoms with van der Waals surface area (Å²) >= 11 is 0. The van der Waals surface area contributed by atoms with E-state index in [2.05, 4.69) is 30.8 Å². The van der Waals surface area contributed by atoms with Crippen LogP contribution in [0.25, 0.3) is 11.4 Å². The summed E-state index contributed by atoms with van der Waals surface area (Å²) in [4.78, 5) is 29.3. The highest BCUT2D eigenvalue weighted by atomic mass is 16.5. The molecule has 10 heteroatoms. The molecule has 0 unspecified atom stereocenters. The number of tetrazole rings is 1. The van der Waals surface area contributed by atoms with Gasteiger partial charge in [0.05, 0.1) is 13.2 Å². The molecule has 4 rings (SSSR count). The monoisotopic (exact) mass is 435 g/mol. The van der Waals surface area contributed by atoms with E-state index < -0.39 is 0 Å². The van der Waals surface area contributed by atoms with E-state index in [4.69, 9.17) is 4.74 Å². The summed E-state index contributed by atoms with van der Waals surface area (Å²) in [6.45, 7) is 5.34. The lowest BCUT2D eigenvalue weighted by Gasteiger charge is -2.29. The molecule has 2 amide bonds. The number of H-pyrrole nitrogens is 1. The van der Waals surface area contributed by atoms with Crippen LogP contribution in [-0.4, -0.2) is 76.7 Å². The number of aromatic nitrogens is 4. The molecular formula is C22H25N7O3. The van der Waals surface area contributed by atoms with Crippen molar-refractivity contribution in [3.63, 3.8) is 0 Å². The fourth-order valence-corrected chi connectivity index (χ4v) is 3.54. The number of aromatic amines is 1. The van der Waals surface area contributed by atoms with E-state index in [-0.39, 0.29) is 18.4 Å². The van der Waals surface area contributed by atoms with Gasteiger partial charge >= 0.3 is 0 Å². The second kappa shape index (κ2) is 10.0. The average Bonchev–Trinajstić information content (AvgIpc) is 3.38. The van der Waals surface area contributed by atoms with Crippen molar-refractivity contribution in [2.75, 3.05) is 49.6 Å². The smallest absolute Gasteiger partial charge is 0.254 e. The van der Waals surface area contributed by atoms with Gasteiger partial charge in [0.15, 0.2) is 0 Å². The minimum Gasteiger partial charge on any atom is -0.378 e. The van der Waals surface area contributed by atoms with Crippen molar-refractivity contribution in [3.8, 4) is 11.4 Å². The fourth-order valence-electron chi connectivity index (χ4n) is 3.54. The summed E-state index contributed by atoms with van der Waals surface area (Å²) in [7, 11) is 0. The highest BCUT2D eigenvalue weighted by Crippen LogP contribution is 2.19. The number of hydrogen-bond acceptors (Lipinski definition) is 7. The standard InChI is InChI=1S/C22H25N7O3/c1-2-28(22(31)17-5-3-4-16(14-17)21-24-26-27-25-21)15-20(30)23-18-6-8-19(9-7-18)29-10-12-32-13-11-29/h3-9,14H,2,10-13,15H2,1H3,(H,23,30)(H,24,25,26,27). The normalized spacial score (nSPS) is 13.6. The number of rotatable bonds is 7. The lowest BCUT2D eigenvalue weighted by Crippen LogP contribution is -2.38. The molecule has 1 saturated heterocycles. The topological polar surface area (TPSA) is 116 Å². The highest BCUT2D eigenvalue weighted by molar-refractivity contribution is 6.00. The van der Waals surface area contributed by atoms with Crippen molar-refractivity contribution in [3.05, 3.63) is 54.1 Å². The first-order valence-corrected chi connectivity index (χ1v) is 10.5. The van der Waals surface area contributed by atoms with Crippen LogP contribution in [0.2, 0.25) is 0 Å². The molecule has 0 radical (unpaired) electrons. The Balaban J connectivity index is 1.37. The van der Waals surface area contributed by atoms with Gasteiger partial charge < -0.3 is 19.9 Å². The summed E-state index contributed by atoms with van der Waals surface area (Å²) in [5.41, 5.74) is 2.91. The molecule has 1 aliphatic rings. The van der Waals surface area contributed by atoms with Gasteiger partial charge in [-0.05, 0) is 48.5 Å². The number of benzene rings is 2. The first-order valence-electron chi connectivity index (χ1n) is 10.5. The first-order chi connectivity index (χ1) is 15.6. The summed E-state index contributed by atoms with van der Waals surface area (Å²) in [5.74, 6) is -0.0923. The number of hydrogen-bond donors (Lipinski definition) is 2. The number of amides is 2. The van der Waals surface area contributed by atoms with E-state index in [1.165, 1.54) is 4.90 Å². The van der Waals surface area contributed by atoms with Crippen LogP contribution in [-0.2, 0) is 9.53 Å². The Morgan fingerprint density at radius 1 is 1.16 bits per heavy atom. The fraction of sp³-hybridized carbons (Fsp3) is 0.318. The van der Waals surface area contributed by atoms with Gasteiger partial charge in [0.25, 0.3) is 5.91 Å². The Morgan fingerprint density at radius 2 is 1.94 bits per heavy atom. The Bertz CT molecular complexity index is 1050. The number of likely N-dealkylation sites (N-methyl/N-ethyl adjacent to an activating group) is 1. The highest BCUT2D eigenvalue weighted by Gasteiger charge is 2.19. The van der Waals surface area contributed by atoms with Crippen molar-refractivity contribution in [2.24, 2.45) is 0 Å².